The second kappa shape index (κ2) is 11.0. The number of thiocarbonyl (C=S) groups is 1. The summed E-state index contributed by atoms with van der Waals surface area (Å²) in [6, 6.07) is 0.597. The first-order valence-electron chi connectivity index (χ1n) is 7.10. The van der Waals surface area contributed by atoms with Gasteiger partial charge in [-0.3, -0.25) is 0 Å². The molecule has 0 amide bonds. The Balaban J connectivity index is 3.59. The quantitative estimate of drug-likeness (QED) is 0.452. The summed E-state index contributed by atoms with van der Waals surface area (Å²) in [5, 5.41) is 0. The summed E-state index contributed by atoms with van der Waals surface area (Å²) in [6.07, 6.45) is 9.00. The zero-order chi connectivity index (χ0) is 13.1. The van der Waals surface area contributed by atoms with E-state index in [9.17, 15) is 0 Å². The van der Waals surface area contributed by atoms with E-state index in [-0.39, 0.29) is 0 Å². The van der Waals surface area contributed by atoms with E-state index >= 15 is 0 Å². The van der Waals surface area contributed by atoms with Crippen LogP contribution in [0.15, 0.2) is 0 Å². The number of hydrogen-bond acceptors (Lipinski definition) is 2. The van der Waals surface area contributed by atoms with Gasteiger partial charge in [-0.1, -0.05) is 51.2 Å². The van der Waals surface area contributed by atoms with Crippen LogP contribution in [0.4, 0.5) is 0 Å². The largest absolute Gasteiger partial charge is 0.393 e. The lowest BCUT2D eigenvalue weighted by molar-refractivity contribution is 0.223. The van der Waals surface area contributed by atoms with E-state index in [1.807, 2.05) is 0 Å². The first-order valence-corrected chi connectivity index (χ1v) is 7.51. The fourth-order valence-corrected chi connectivity index (χ4v) is 2.07. The smallest absolute Gasteiger partial charge is 0.0740 e. The molecule has 0 aromatic heterocycles. The highest BCUT2D eigenvalue weighted by Crippen LogP contribution is 2.08. The van der Waals surface area contributed by atoms with Crippen LogP contribution >= 0.6 is 12.2 Å². The van der Waals surface area contributed by atoms with E-state index < -0.39 is 0 Å². The van der Waals surface area contributed by atoms with Crippen LogP contribution in [0.1, 0.15) is 65.7 Å². The first kappa shape index (κ1) is 16.9. The third kappa shape index (κ3) is 10.7. The van der Waals surface area contributed by atoms with Crippen molar-refractivity contribution in [2.75, 3.05) is 13.1 Å². The zero-order valence-electron chi connectivity index (χ0n) is 11.9. The lowest BCUT2D eigenvalue weighted by atomic mass is 10.1. The van der Waals surface area contributed by atoms with E-state index in [4.69, 9.17) is 18.0 Å². The molecule has 0 aliphatic rings. The van der Waals surface area contributed by atoms with Crippen molar-refractivity contribution in [3.8, 4) is 0 Å². The molecule has 102 valence electrons. The maximum absolute atomic E-state index is 5.56. The van der Waals surface area contributed by atoms with Gasteiger partial charge >= 0.3 is 0 Å². The van der Waals surface area contributed by atoms with Crippen molar-refractivity contribution in [2.24, 2.45) is 5.73 Å². The fourth-order valence-electron chi connectivity index (χ4n) is 1.98. The molecule has 0 saturated heterocycles. The third-order valence-corrected chi connectivity index (χ3v) is 3.38. The van der Waals surface area contributed by atoms with Gasteiger partial charge in [0.15, 0.2) is 0 Å². The average molecular weight is 258 g/mol. The summed E-state index contributed by atoms with van der Waals surface area (Å²) >= 11 is 4.93. The maximum atomic E-state index is 5.56. The predicted octanol–water partition coefficient (Wildman–Crippen LogP) is 3.73. The Hall–Kier alpha value is -0.150. The lowest BCUT2D eigenvalue weighted by Crippen LogP contribution is -2.34. The number of rotatable bonds is 11. The first-order chi connectivity index (χ1) is 8.07. The van der Waals surface area contributed by atoms with Crippen molar-refractivity contribution in [3.63, 3.8) is 0 Å². The molecule has 3 heteroatoms. The van der Waals surface area contributed by atoms with Gasteiger partial charge in [0.05, 0.1) is 4.99 Å². The molecule has 0 spiro atoms. The molecule has 0 aliphatic heterocycles. The van der Waals surface area contributed by atoms with Gasteiger partial charge < -0.3 is 10.6 Å². The minimum Gasteiger partial charge on any atom is -0.393 e. The Bertz CT molecular complexity index is 193. The second-order valence-corrected chi connectivity index (χ2v) is 5.64. The number of nitrogens with two attached hydrogens (primary N) is 1. The van der Waals surface area contributed by atoms with E-state index in [0.29, 0.717) is 11.0 Å². The van der Waals surface area contributed by atoms with Crippen molar-refractivity contribution in [1.82, 2.24) is 4.90 Å². The molecule has 0 atom stereocenters. The van der Waals surface area contributed by atoms with Crippen molar-refractivity contribution >= 4 is 17.2 Å². The summed E-state index contributed by atoms with van der Waals surface area (Å²) in [5.74, 6) is 0. The van der Waals surface area contributed by atoms with Crippen LogP contribution in [-0.2, 0) is 0 Å². The summed E-state index contributed by atoms with van der Waals surface area (Å²) in [4.78, 5) is 3.12. The molecule has 17 heavy (non-hydrogen) atoms. The highest BCUT2D eigenvalue weighted by molar-refractivity contribution is 7.80. The van der Waals surface area contributed by atoms with Crippen LogP contribution in [0, 0.1) is 0 Å². The average Bonchev–Trinajstić information content (AvgIpc) is 2.26. The Morgan fingerprint density at radius 1 is 1.06 bits per heavy atom. The lowest BCUT2D eigenvalue weighted by Gasteiger charge is -2.26. The molecule has 0 fully saturated rings. The summed E-state index contributed by atoms with van der Waals surface area (Å²) in [6.45, 7) is 8.96. The van der Waals surface area contributed by atoms with E-state index in [2.05, 4.69) is 25.7 Å². The molecular weight excluding hydrogens is 228 g/mol. The molecule has 2 N–H and O–H groups in total. The van der Waals surface area contributed by atoms with Crippen LogP contribution in [0.3, 0.4) is 0 Å². The van der Waals surface area contributed by atoms with Gasteiger partial charge in [0.25, 0.3) is 0 Å². The number of unbranched alkanes of at least 4 members (excludes halogenated alkanes) is 5. The van der Waals surface area contributed by atoms with Gasteiger partial charge in [0.1, 0.15) is 0 Å². The normalized spacial score (nSPS) is 11.4. The standard InChI is InChI=1S/C14H30N2S/c1-4-5-6-7-8-9-11-16(13(2)3)12-10-14(15)17/h13H,4-12H2,1-3H3,(H2,15,17). The third-order valence-electron chi connectivity index (χ3n) is 3.17. The Morgan fingerprint density at radius 3 is 2.18 bits per heavy atom. The summed E-state index contributed by atoms with van der Waals surface area (Å²) < 4.78 is 0. The molecular formula is C14H30N2S. The predicted molar refractivity (Wildman–Crippen MR) is 81.5 cm³/mol. The molecule has 0 heterocycles. The molecule has 0 aromatic rings. The van der Waals surface area contributed by atoms with Gasteiger partial charge in [0.2, 0.25) is 0 Å². The van der Waals surface area contributed by atoms with Crippen molar-refractivity contribution in [1.29, 1.82) is 0 Å². The molecule has 0 radical (unpaired) electrons. The Morgan fingerprint density at radius 2 is 1.65 bits per heavy atom. The highest BCUT2D eigenvalue weighted by Gasteiger charge is 2.08. The Labute approximate surface area is 113 Å². The van der Waals surface area contributed by atoms with Crippen LogP contribution in [0.5, 0.6) is 0 Å². The van der Waals surface area contributed by atoms with Crippen LogP contribution in [-0.4, -0.2) is 29.0 Å². The number of nitrogens with zero attached hydrogens (tertiary/aromatic N) is 1. The van der Waals surface area contributed by atoms with Crippen molar-refractivity contribution < 1.29 is 0 Å². The summed E-state index contributed by atoms with van der Waals surface area (Å²) in [7, 11) is 0. The molecule has 0 aromatic carbocycles. The fraction of sp³-hybridized carbons (Fsp3) is 0.929. The topological polar surface area (TPSA) is 29.3 Å². The highest BCUT2D eigenvalue weighted by atomic mass is 32.1. The van der Waals surface area contributed by atoms with E-state index in [1.54, 1.807) is 0 Å². The van der Waals surface area contributed by atoms with Crippen LogP contribution < -0.4 is 5.73 Å². The molecule has 0 bridgehead atoms. The van der Waals surface area contributed by atoms with E-state index in [0.717, 1.165) is 13.0 Å². The van der Waals surface area contributed by atoms with Crippen molar-refractivity contribution in [3.05, 3.63) is 0 Å². The Kier molecular flexibility index (Phi) is 10.9. The minimum absolute atomic E-state index is 0.597. The van der Waals surface area contributed by atoms with E-state index in [1.165, 1.54) is 45.1 Å². The zero-order valence-corrected chi connectivity index (χ0v) is 12.7. The van der Waals surface area contributed by atoms with Gasteiger partial charge in [-0.25, -0.2) is 0 Å². The molecule has 0 unspecified atom stereocenters. The van der Waals surface area contributed by atoms with Crippen molar-refractivity contribution in [2.45, 2.75) is 71.8 Å². The molecule has 2 nitrogen and oxygen atoms in total. The monoisotopic (exact) mass is 258 g/mol. The van der Waals surface area contributed by atoms with Crippen LogP contribution in [0.25, 0.3) is 0 Å². The van der Waals surface area contributed by atoms with Gasteiger partial charge in [-0.05, 0) is 26.8 Å². The maximum Gasteiger partial charge on any atom is 0.0740 e. The minimum atomic E-state index is 0.597. The van der Waals surface area contributed by atoms with Crippen LogP contribution in [0.2, 0.25) is 0 Å². The molecule has 0 saturated carbocycles. The van der Waals surface area contributed by atoms with Gasteiger partial charge in [-0.15, -0.1) is 0 Å². The molecule has 0 rings (SSSR count). The molecule has 0 aliphatic carbocycles. The SMILES string of the molecule is CCCCCCCCN(CCC(N)=S)C(C)C. The second-order valence-electron chi connectivity index (χ2n) is 5.11. The van der Waals surface area contributed by atoms with Gasteiger partial charge in [-0.2, -0.15) is 0 Å². The summed E-state index contributed by atoms with van der Waals surface area (Å²) in [5.41, 5.74) is 5.56. The van der Waals surface area contributed by atoms with Gasteiger partial charge in [0, 0.05) is 19.0 Å². The number of hydrogen-bond donors (Lipinski definition) is 1.